The van der Waals surface area contributed by atoms with E-state index in [9.17, 15) is 0 Å². The van der Waals surface area contributed by atoms with Crippen molar-refractivity contribution in [2.45, 2.75) is 19.3 Å². The van der Waals surface area contributed by atoms with Crippen molar-refractivity contribution >= 4 is 15.9 Å². The maximum Gasteiger partial charge on any atom is 0.0681 e. The molecule has 0 aliphatic carbocycles. The number of hydrogen-bond donors (Lipinski definition) is 1. The van der Waals surface area contributed by atoms with Crippen molar-refractivity contribution in [1.82, 2.24) is 10.2 Å². The molecule has 0 fully saturated rings. The second-order valence-corrected chi connectivity index (χ2v) is 3.72. The van der Waals surface area contributed by atoms with E-state index in [0.29, 0.717) is 0 Å². The summed E-state index contributed by atoms with van der Waals surface area (Å²) >= 11 is 3.35. The topological polar surface area (TPSA) is 28.7 Å². The molecule has 11 heavy (non-hydrogen) atoms. The lowest BCUT2D eigenvalue weighted by molar-refractivity contribution is 0.663. The van der Waals surface area contributed by atoms with Crippen LogP contribution in [0.1, 0.15) is 19.5 Å². The van der Waals surface area contributed by atoms with Crippen LogP contribution in [0.5, 0.6) is 0 Å². The SMILES string of the molecule is C#CC(C)(C)c1[nH]ncc1Br. The average molecular weight is 213 g/mol. The first kappa shape index (κ1) is 8.35. The fraction of sp³-hybridized carbons (Fsp3) is 0.375. The van der Waals surface area contributed by atoms with E-state index in [1.54, 1.807) is 6.20 Å². The predicted molar refractivity (Wildman–Crippen MR) is 48.1 cm³/mol. The lowest BCUT2D eigenvalue weighted by atomic mass is 9.91. The summed E-state index contributed by atoms with van der Waals surface area (Å²) in [4.78, 5) is 0. The number of H-pyrrole nitrogens is 1. The molecule has 0 saturated heterocycles. The molecule has 3 heteroatoms. The summed E-state index contributed by atoms with van der Waals surface area (Å²) in [5, 5.41) is 6.73. The summed E-state index contributed by atoms with van der Waals surface area (Å²) in [7, 11) is 0. The van der Waals surface area contributed by atoms with E-state index in [1.807, 2.05) is 13.8 Å². The number of halogens is 1. The zero-order valence-corrected chi connectivity index (χ0v) is 8.07. The Hall–Kier alpha value is -0.750. The third-order valence-electron chi connectivity index (χ3n) is 1.58. The average Bonchev–Trinajstić information content (AvgIpc) is 2.36. The molecule has 58 valence electrons. The van der Waals surface area contributed by atoms with Gasteiger partial charge in [0.15, 0.2) is 0 Å². The molecule has 0 radical (unpaired) electrons. The number of nitrogens with zero attached hydrogens (tertiary/aromatic N) is 1. The molecule has 1 N–H and O–H groups in total. The van der Waals surface area contributed by atoms with Crippen molar-refractivity contribution in [3.8, 4) is 12.3 Å². The molecule has 0 aliphatic rings. The molecule has 0 atom stereocenters. The normalized spacial score (nSPS) is 11.1. The van der Waals surface area contributed by atoms with Crippen molar-refractivity contribution in [2.75, 3.05) is 0 Å². The molecular weight excluding hydrogens is 204 g/mol. The number of rotatable bonds is 1. The molecule has 2 nitrogen and oxygen atoms in total. The van der Waals surface area contributed by atoms with Gasteiger partial charge in [0.05, 0.1) is 21.8 Å². The van der Waals surface area contributed by atoms with Crippen molar-refractivity contribution < 1.29 is 0 Å². The monoisotopic (exact) mass is 212 g/mol. The van der Waals surface area contributed by atoms with E-state index in [2.05, 4.69) is 32.0 Å². The Morgan fingerprint density at radius 1 is 1.73 bits per heavy atom. The van der Waals surface area contributed by atoms with Gasteiger partial charge in [-0.25, -0.2) is 0 Å². The van der Waals surface area contributed by atoms with Gasteiger partial charge < -0.3 is 0 Å². The van der Waals surface area contributed by atoms with Crippen LogP contribution in [-0.2, 0) is 5.41 Å². The minimum absolute atomic E-state index is 0.282. The molecule has 1 aromatic heterocycles. The Labute approximate surface area is 74.5 Å². The molecule has 0 aliphatic heterocycles. The van der Waals surface area contributed by atoms with Crippen LogP contribution in [0.25, 0.3) is 0 Å². The zero-order chi connectivity index (χ0) is 8.48. The van der Waals surface area contributed by atoms with Crippen molar-refractivity contribution in [3.05, 3.63) is 16.4 Å². The summed E-state index contributed by atoms with van der Waals surface area (Å²) in [6.45, 7) is 3.93. The Bertz CT molecular complexity index is 293. The van der Waals surface area contributed by atoms with Crippen LogP contribution in [0.3, 0.4) is 0 Å². The molecule has 0 bridgehead atoms. The Balaban J connectivity index is 3.13. The second-order valence-electron chi connectivity index (χ2n) is 2.86. The van der Waals surface area contributed by atoms with E-state index in [1.165, 1.54) is 0 Å². The molecule has 1 rings (SSSR count). The summed E-state index contributed by atoms with van der Waals surface area (Å²) in [6, 6.07) is 0. The second kappa shape index (κ2) is 2.71. The number of aromatic nitrogens is 2. The molecule has 1 heterocycles. The van der Waals surface area contributed by atoms with Crippen LogP contribution in [-0.4, -0.2) is 10.2 Å². The largest absolute Gasteiger partial charge is 0.280 e. The minimum atomic E-state index is -0.282. The maximum atomic E-state index is 5.35. The molecular formula is C8H9BrN2. The van der Waals surface area contributed by atoms with Crippen molar-refractivity contribution in [3.63, 3.8) is 0 Å². The van der Waals surface area contributed by atoms with E-state index < -0.39 is 0 Å². The fourth-order valence-corrected chi connectivity index (χ4v) is 1.47. The first-order valence-corrected chi connectivity index (χ1v) is 4.04. The van der Waals surface area contributed by atoms with Gasteiger partial charge in [0.2, 0.25) is 0 Å². The van der Waals surface area contributed by atoms with Gasteiger partial charge in [-0.05, 0) is 29.8 Å². The molecule has 0 spiro atoms. The highest BCUT2D eigenvalue weighted by Crippen LogP contribution is 2.26. The molecule has 0 unspecified atom stereocenters. The first-order valence-electron chi connectivity index (χ1n) is 3.25. The van der Waals surface area contributed by atoms with E-state index in [4.69, 9.17) is 6.42 Å². The smallest absolute Gasteiger partial charge is 0.0681 e. The van der Waals surface area contributed by atoms with E-state index >= 15 is 0 Å². The molecule has 0 amide bonds. The predicted octanol–water partition coefficient (Wildman–Crippen LogP) is 2.08. The van der Waals surface area contributed by atoms with Crippen LogP contribution in [0, 0.1) is 12.3 Å². The van der Waals surface area contributed by atoms with Gasteiger partial charge in [-0.15, -0.1) is 6.42 Å². The van der Waals surface area contributed by atoms with Crippen molar-refractivity contribution in [2.24, 2.45) is 0 Å². The van der Waals surface area contributed by atoms with Crippen LogP contribution >= 0.6 is 15.9 Å². The van der Waals surface area contributed by atoms with E-state index in [0.717, 1.165) is 10.2 Å². The van der Waals surface area contributed by atoms with Gasteiger partial charge in [0.25, 0.3) is 0 Å². The number of aromatic amines is 1. The minimum Gasteiger partial charge on any atom is -0.280 e. The Kier molecular flexibility index (Phi) is 2.05. The summed E-state index contributed by atoms with van der Waals surface area (Å²) in [6.07, 6.45) is 7.05. The number of hydrogen-bond acceptors (Lipinski definition) is 1. The van der Waals surface area contributed by atoms with E-state index in [-0.39, 0.29) is 5.41 Å². The maximum absolute atomic E-state index is 5.35. The molecule has 0 aromatic carbocycles. The third-order valence-corrected chi connectivity index (χ3v) is 2.18. The van der Waals surface area contributed by atoms with Crippen LogP contribution in [0.15, 0.2) is 10.7 Å². The van der Waals surface area contributed by atoms with Gasteiger partial charge in [0, 0.05) is 0 Å². The number of terminal acetylenes is 1. The van der Waals surface area contributed by atoms with Gasteiger partial charge >= 0.3 is 0 Å². The Morgan fingerprint density at radius 3 is 2.73 bits per heavy atom. The van der Waals surface area contributed by atoms with Gasteiger partial charge in [-0.2, -0.15) is 5.10 Å². The zero-order valence-electron chi connectivity index (χ0n) is 6.48. The highest BCUT2D eigenvalue weighted by molar-refractivity contribution is 9.10. The standard InChI is InChI=1S/C8H9BrN2/c1-4-8(2,3)7-6(9)5-10-11-7/h1,5H,2-3H3,(H,10,11). The molecule has 1 aromatic rings. The van der Waals surface area contributed by atoms with Crippen LogP contribution in [0.4, 0.5) is 0 Å². The van der Waals surface area contributed by atoms with Crippen LogP contribution < -0.4 is 0 Å². The van der Waals surface area contributed by atoms with Gasteiger partial charge in [0.1, 0.15) is 0 Å². The lowest BCUT2D eigenvalue weighted by Gasteiger charge is -2.15. The number of nitrogens with one attached hydrogen (secondary N) is 1. The highest BCUT2D eigenvalue weighted by atomic mass is 79.9. The fourth-order valence-electron chi connectivity index (χ4n) is 0.782. The lowest BCUT2D eigenvalue weighted by Crippen LogP contribution is -2.14. The first-order chi connectivity index (χ1) is 5.08. The van der Waals surface area contributed by atoms with Gasteiger partial charge in [-0.1, -0.05) is 5.92 Å². The molecule has 0 saturated carbocycles. The van der Waals surface area contributed by atoms with Crippen molar-refractivity contribution in [1.29, 1.82) is 0 Å². The summed E-state index contributed by atoms with van der Waals surface area (Å²) in [5.41, 5.74) is 0.662. The Morgan fingerprint density at radius 2 is 2.36 bits per heavy atom. The highest BCUT2D eigenvalue weighted by Gasteiger charge is 2.21. The summed E-state index contributed by atoms with van der Waals surface area (Å²) in [5.74, 6) is 2.68. The quantitative estimate of drug-likeness (QED) is 0.711. The van der Waals surface area contributed by atoms with Gasteiger partial charge in [-0.3, -0.25) is 5.10 Å². The third kappa shape index (κ3) is 1.46. The van der Waals surface area contributed by atoms with Crippen LogP contribution in [0.2, 0.25) is 0 Å². The summed E-state index contributed by atoms with van der Waals surface area (Å²) < 4.78 is 0.931.